The third-order valence-electron chi connectivity index (χ3n) is 5.45. The Balaban J connectivity index is 0.000000150. The van der Waals surface area contributed by atoms with Crippen molar-refractivity contribution in [1.29, 1.82) is 0 Å². The van der Waals surface area contributed by atoms with E-state index in [1.54, 1.807) is 18.3 Å². The van der Waals surface area contributed by atoms with Gasteiger partial charge >= 0.3 is 0 Å². The van der Waals surface area contributed by atoms with Crippen LogP contribution in [0.5, 0.6) is 0 Å². The zero-order valence-electron chi connectivity index (χ0n) is 16.6. The van der Waals surface area contributed by atoms with Crippen LogP contribution in [0.15, 0.2) is 59.8 Å². The summed E-state index contributed by atoms with van der Waals surface area (Å²) in [6, 6.07) is 18.1. The second-order valence-corrected chi connectivity index (χ2v) is 9.16. The fourth-order valence-electron chi connectivity index (χ4n) is 3.92. The van der Waals surface area contributed by atoms with Crippen LogP contribution in [0, 0.1) is 0 Å². The van der Waals surface area contributed by atoms with Crippen molar-refractivity contribution in [2.75, 3.05) is 11.3 Å². The van der Waals surface area contributed by atoms with Crippen LogP contribution in [0.2, 0.25) is 0 Å². The number of aromatic nitrogens is 2. The van der Waals surface area contributed by atoms with Gasteiger partial charge in [0.05, 0.1) is 0 Å². The van der Waals surface area contributed by atoms with Gasteiger partial charge in [-0.3, -0.25) is 0 Å². The molecule has 1 aliphatic carbocycles. The Kier molecular flexibility index (Phi) is 7.57. The molecule has 29 heavy (non-hydrogen) atoms. The SMILES string of the molecule is c1ccc(C2CCCCN2)cc1.c1nsc(NSc2ccc3c(c2)CCCC3)n1. The maximum absolute atomic E-state index is 4.09. The number of piperidine rings is 1. The average molecular weight is 425 g/mol. The van der Waals surface area contributed by atoms with Crippen LogP contribution in [-0.2, 0) is 12.8 Å². The summed E-state index contributed by atoms with van der Waals surface area (Å²) in [4.78, 5) is 5.35. The van der Waals surface area contributed by atoms with E-state index >= 15 is 0 Å². The Morgan fingerprint density at radius 3 is 2.59 bits per heavy atom. The summed E-state index contributed by atoms with van der Waals surface area (Å²) in [5.74, 6) is 0. The number of benzene rings is 2. The van der Waals surface area contributed by atoms with Gasteiger partial charge in [-0.2, -0.15) is 4.37 Å². The average Bonchev–Trinajstić information content (AvgIpc) is 3.33. The van der Waals surface area contributed by atoms with E-state index in [-0.39, 0.29) is 0 Å². The van der Waals surface area contributed by atoms with Crippen LogP contribution < -0.4 is 10.0 Å². The maximum Gasteiger partial charge on any atom is 0.212 e. The zero-order valence-corrected chi connectivity index (χ0v) is 18.3. The van der Waals surface area contributed by atoms with Crippen LogP contribution >= 0.6 is 23.5 Å². The Morgan fingerprint density at radius 1 is 0.966 bits per heavy atom. The van der Waals surface area contributed by atoms with Gasteiger partial charge in [0.1, 0.15) is 6.33 Å². The van der Waals surface area contributed by atoms with Crippen molar-refractivity contribution in [2.45, 2.75) is 55.9 Å². The molecule has 1 fully saturated rings. The molecule has 0 spiro atoms. The molecule has 1 aliphatic heterocycles. The van der Waals surface area contributed by atoms with E-state index in [0.29, 0.717) is 6.04 Å². The standard InChI is InChI=1S/C12H13N3S2.C11H15N/c1-2-4-10-7-11(6-5-9(10)3-1)16-15-12-13-8-14-17-12;1-2-6-10(7-3-1)11-8-4-5-9-12-11/h5-8H,1-4H2,(H,13,14,15);1-3,6-7,11-12H,4-5,8-9H2. The van der Waals surface area contributed by atoms with Crippen molar-refractivity contribution in [2.24, 2.45) is 0 Å². The molecular formula is C23H28N4S2. The lowest BCUT2D eigenvalue weighted by Gasteiger charge is -2.23. The van der Waals surface area contributed by atoms with Crippen LogP contribution in [0.1, 0.15) is 54.8 Å². The van der Waals surface area contributed by atoms with Gasteiger partial charge in [0.15, 0.2) is 0 Å². The summed E-state index contributed by atoms with van der Waals surface area (Å²) in [6.45, 7) is 1.18. The van der Waals surface area contributed by atoms with E-state index in [2.05, 4.69) is 67.9 Å². The van der Waals surface area contributed by atoms with Crippen molar-refractivity contribution >= 4 is 28.6 Å². The summed E-state index contributed by atoms with van der Waals surface area (Å²) in [5, 5.41) is 4.39. The number of anilines is 1. The van der Waals surface area contributed by atoms with Gasteiger partial charge in [0, 0.05) is 22.5 Å². The van der Waals surface area contributed by atoms with Gasteiger partial charge in [-0.15, -0.1) is 0 Å². The molecule has 2 N–H and O–H groups in total. The molecular weight excluding hydrogens is 396 g/mol. The highest BCUT2D eigenvalue weighted by molar-refractivity contribution is 8.00. The van der Waals surface area contributed by atoms with Crippen molar-refractivity contribution in [3.8, 4) is 0 Å². The number of hydrogen-bond acceptors (Lipinski definition) is 6. The van der Waals surface area contributed by atoms with Crippen LogP contribution in [0.25, 0.3) is 0 Å². The summed E-state index contributed by atoms with van der Waals surface area (Å²) < 4.78 is 7.17. The highest BCUT2D eigenvalue weighted by Crippen LogP contribution is 2.28. The largest absolute Gasteiger partial charge is 0.310 e. The van der Waals surface area contributed by atoms with Gasteiger partial charge in [0.25, 0.3) is 0 Å². The summed E-state index contributed by atoms with van der Waals surface area (Å²) in [7, 11) is 0. The Bertz CT molecular complexity index is 862. The zero-order chi connectivity index (χ0) is 19.7. The molecule has 0 radical (unpaired) electrons. The first-order chi connectivity index (χ1) is 14.4. The predicted molar refractivity (Wildman–Crippen MR) is 124 cm³/mol. The summed E-state index contributed by atoms with van der Waals surface area (Å²) >= 11 is 2.99. The number of aryl methyl sites for hydroxylation is 2. The lowest BCUT2D eigenvalue weighted by Crippen LogP contribution is -2.26. The highest BCUT2D eigenvalue weighted by atomic mass is 32.2. The second kappa shape index (κ2) is 10.8. The minimum atomic E-state index is 0.611. The third kappa shape index (κ3) is 6.04. The Labute approximate surface area is 181 Å². The predicted octanol–water partition coefficient (Wildman–Crippen LogP) is 6.04. The molecule has 1 unspecified atom stereocenters. The van der Waals surface area contributed by atoms with Gasteiger partial charge in [-0.25, -0.2) is 4.98 Å². The van der Waals surface area contributed by atoms with Gasteiger partial charge < -0.3 is 10.0 Å². The molecule has 0 saturated carbocycles. The van der Waals surface area contributed by atoms with Crippen molar-refractivity contribution < 1.29 is 0 Å². The molecule has 1 atom stereocenters. The lowest BCUT2D eigenvalue weighted by molar-refractivity contribution is 0.412. The molecule has 2 aliphatic rings. The van der Waals surface area contributed by atoms with E-state index < -0.39 is 0 Å². The first-order valence-corrected chi connectivity index (χ1v) is 12.1. The van der Waals surface area contributed by atoms with E-state index in [0.717, 1.165) is 5.13 Å². The van der Waals surface area contributed by atoms with E-state index in [4.69, 9.17) is 0 Å². The second-order valence-electron chi connectivity index (χ2n) is 7.50. The molecule has 0 bridgehead atoms. The summed E-state index contributed by atoms with van der Waals surface area (Å²) in [5.41, 5.74) is 4.48. The fourth-order valence-corrected chi connectivity index (χ4v) is 5.07. The number of nitrogens with one attached hydrogen (secondary N) is 2. The molecule has 2 heterocycles. The quantitative estimate of drug-likeness (QED) is 0.500. The number of fused-ring (bicyclic) bond motifs is 1. The minimum absolute atomic E-state index is 0.611. The summed E-state index contributed by atoms with van der Waals surface area (Å²) in [6.07, 6.45) is 10.7. The minimum Gasteiger partial charge on any atom is -0.310 e. The fraction of sp³-hybridized carbons (Fsp3) is 0.391. The van der Waals surface area contributed by atoms with E-state index in [1.165, 1.54) is 84.6 Å². The normalized spacial score (nSPS) is 18.3. The third-order valence-corrected chi connectivity index (χ3v) is 6.94. The van der Waals surface area contributed by atoms with Gasteiger partial charge in [0.2, 0.25) is 5.13 Å². The Morgan fingerprint density at radius 2 is 1.83 bits per heavy atom. The number of hydrogen-bond donors (Lipinski definition) is 2. The number of rotatable bonds is 4. The topological polar surface area (TPSA) is 49.8 Å². The van der Waals surface area contributed by atoms with Crippen LogP contribution in [0.4, 0.5) is 5.13 Å². The monoisotopic (exact) mass is 424 g/mol. The van der Waals surface area contributed by atoms with E-state index in [9.17, 15) is 0 Å². The lowest BCUT2D eigenvalue weighted by atomic mass is 9.92. The van der Waals surface area contributed by atoms with Gasteiger partial charge in [-0.1, -0.05) is 42.8 Å². The molecule has 1 aromatic heterocycles. The van der Waals surface area contributed by atoms with Crippen molar-refractivity contribution in [3.63, 3.8) is 0 Å². The smallest absolute Gasteiger partial charge is 0.212 e. The van der Waals surface area contributed by atoms with Crippen LogP contribution in [0.3, 0.4) is 0 Å². The van der Waals surface area contributed by atoms with E-state index in [1.807, 2.05) is 0 Å². The molecule has 6 heteroatoms. The molecule has 3 aromatic rings. The molecule has 152 valence electrons. The van der Waals surface area contributed by atoms with Crippen molar-refractivity contribution in [3.05, 3.63) is 71.5 Å². The number of nitrogens with zero attached hydrogens (tertiary/aromatic N) is 2. The molecule has 1 saturated heterocycles. The first-order valence-electron chi connectivity index (χ1n) is 10.5. The molecule has 2 aromatic carbocycles. The van der Waals surface area contributed by atoms with Gasteiger partial charge in [-0.05, 0) is 85.8 Å². The molecule has 4 nitrogen and oxygen atoms in total. The first kappa shape index (κ1) is 20.4. The highest BCUT2D eigenvalue weighted by Gasteiger charge is 2.13. The van der Waals surface area contributed by atoms with Crippen LogP contribution in [-0.4, -0.2) is 15.9 Å². The molecule has 5 rings (SSSR count). The maximum atomic E-state index is 4.09. The molecule has 0 amide bonds. The van der Waals surface area contributed by atoms with Crippen molar-refractivity contribution in [1.82, 2.24) is 14.7 Å². The Hall–Kier alpha value is -1.89.